The number of benzene rings is 2. The number of quaternary nitrogens is 2. The van der Waals surface area contributed by atoms with Gasteiger partial charge in [-0.1, -0.05) is 36.4 Å². The fourth-order valence-corrected chi connectivity index (χ4v) is 3.36. The highest BCUT2D eigenvalue weighted by molar-refractivity contribution is 5.46. The summed E-state index contributed by atoms with van der Waals surface area (Å²) in [7, 11) is 0. The molecule has 0 saturated carbocycles. The van der Waals surface area contributed by atoms with Crippen molar-refractivity contribution in [2.45, 2.75) is 20.1 Å². The maximum atomic E-state index is 6.19. The van der Waals surface area contributed by atoms with Crippen molar-refractivity contribution in [3.05, 3.63) is 59.7 Å². The molecule has 1 heterocycles. The molecule has 0 spiro atoms. The molecule has 0 amide bonds. The molecule has 0 aromatic heterocycles. The van der Waals surface area contributed by atoms with Crippen molar-refractivity contribution < 1.29 is 24.4 Å². The molecule has 0 atom stereocenters. The molecule has 3 rings (SSSR count). The van der Waals surface area contributed by atoms with Crippen LogP contribution in [0, 0.1) is 0 Å². The Hall–Kier alpha value is -2.08. The van der Waals surface area contributed by atoms with E-state index in [4.69, 9.17) is 14.2 Å². The lowest BCUT2D eigenvalue weighted by molar-refractivity contribution is -0.920. The highest BCUT2D eigenvalue weighted by Crippen LogP contribution is 2.31. The van der Waals surface area contributed by atoms with Crippen LogP contribution >= 0.6 is 0 Å². The smallest absolute Gasteiger partial charge is 0.170 e. The molecule has 1 aliphatic heterocycles. The molecule has 2 aromatic carbocycles. The van der Waals surface area contributed by atoms with Gasteiger partial charge in [-0.3, -0.25) is 0 Å². The molecule has 0 radical (unpaired) electrons. The molecule has 1 aliphatic rings. The first kappa shape index (κ1) is 19.7. The van der Waals surface area contributed by atoms with E-state index in [9.17, 15) is 0 Å². The Bertz CT molecular complexity index is 673. The van der Waals surface area contributed by atoms with Crippen LogP contribution in [-0.2, 0) is 17.9 Å². The third-order valence-corrected chi connectivity index (χ3v) is 4.85. The van der Waals surface area contributed by atoms with Crippen molar-refractivity contribution in [2.24, 2.45) is 0 Å². The van der Waals surface area contributed by atoms with Gasteiger partial charge >= 0.3 is 0 Å². The van der Waals surface area contributed by atoms with Crippen LogP contribution in [0.25, 0.3) is 0 Å². The van der Waals surface area contributed by atoms with E-state index in [1.165, 1.54) is 12.1 Å². The van der Waals surface area contributed by atoms with Crippen LogP contribution in [0.5, 0.6) is 11.5 Å². The number of nitrogens with one attached hydrogen (secondary N) is 1. The number of morpholine rings is 1. The molecule has 5 nitrogen and oxygen atoms in total. The van der Waals surface area contributed by atoms with Gasteiger partial charge in [0.1, 0.15) is 39.3 Å². The lowest BCUT2D eigenvalue weighted by Crippen LogP contribution is -3.16. The predicted molar refractivity (Wildman–Crippen MR) is 105 cm³/mol. The van der Waals surface area contributed by atoms with Gasteiger partial charge in [0.25, 0.3) is 0 Å². The number of hydrogen-bond acceptors (Lipinski definition) is 3. The standard InChI is InChI=1S/C22H30N2O3/c1-2-26-21-10-6-9-20(17-23-11-12-24-13-15-25-16-14-24)22(21)27-18-19-7-4-3-5-8-19/h3-10,23H,2,11-18H2,1H3/p+2. The van der Waals surface area contributed by atoms with Crippen LogP contribution in [0.3, 0.4) is 0 Å². The fraction of sp³-hybridized carbons (Fsp3) is 0.455. The fourth-order valence-electron chi connectivity index (χ4n) is 3.36. The zero-order valence-corrected chi connectivity index (χ0v) is 16.3. The summed E-state index contributed by atoms with van der Waals surface area (Å²) in [6.45, 7) is 10.4. The molecule has 0 aliphatic carbocycles. The summed E-state index contributed by atoms with van der Waals surface area (Å²) in [5.41, 5.74) is 2.35. The first-order valence-corrected chi connectivity index (χ1v) is 10.0. The molecule has 1 fully saturated rings. The van der Waals surface area contributed by atoms with Crippen LogP contribution < -0.4 is 19.7 Å². The van der Waals surface area contributed by atoms with Crippen LogP contribution in [-0.4, -0.2) is 46.0 Å². The van der Waals surface area contributed by atoms with Gasteiger partial charge in [0, 0.05) is 0 Å². The van der Waals surface area contributed by atoms with Gasteiger partial charge in [0.05, 0.1) is 25.4 Å². The van der Waals surface area contributed by atoms with Crippen LogP contribution in [0.2, 0.25) is 0 Å². The first-order valence-electron chi connectivity index (χ1n) is 10.0. The molecular weight excluding hydrogens is 340 g/mol. The minimum absolute atomic E-state index is 0.551. The summed E-state index contributed by atoms with van der Waals surface area (Å²) in [6.07, 6.45) is 0. The molecule has 2 aromatic rings. The number of para-hydroxylation sites is 1. The van der Waals surface area contributed by atoms with Gasteiger partial charge in [-0.25, -0.2) is 0 Å². The van der Waals surface area contributed by atoms with E-state index >= 15 is 0 Å². The number of nitrogens with two attached hydrogens (primary N) is 1. The molecule has 0 bridgehead atoms. The average Bonchev–Trinajstić information content (AvgIpc) is 2.72. The van der Waals surface area contributed by atoms with Crippen LogP contribution in [0.4, 0.5) is 0 Å². The Kier molecular flexibility index (Phi) is 7.96. The Balaban J connectivity index is 1.58. The quantitative estimate of drug-likeness (QED) is 0.602. The second-order valence-electron chi connectivity index (χ2n) is 6.85. The van der Waals surface area contributed by atoms with Gasteiger partial charge in [0.15, 0.2) is 11.5 Å². The summed E-state index contributed by atoms with van der Waals surface area (Å²) >= 11 is 0. The number of ether oxygens (including phenoxy) is 3. The molecule has 1 saturated heterocycles. The van der Waals surface area contributed by atoms with Crippen molar-refractivity contribution in [1.29, 1.82) is 0 Å². The van der Waals surface area contributed by atoms with Gasteiger partial charge in [-0.15, -0.1) is 0 Å². The van der Waals surface area contributed by atoms with Gasteiger partial charge in [-0.2, -0.15) is 0 Å². The highest BCUT2D eigenvalue weighted by atomic mass is 16.5. The average molecular weight is 373 g/mol. The molecule has 0 unspecified atom stereocenters. The second-order valence-corrected chi connectivity index (χ2v) is 6.85. The summed E-state index contributed by atoms with van der Waals surface area (Å²) in [5.74, 6) is 1.70. The molecule has 27 heavy (non-hydrogen) atoms. The van der Waals surface area contributed by atoms with E-state index in [0.29, 0.717) is 13.2 Å². The van der Waals surface area contributed by atoms with Crippen molar-refractivity contribution in [1.82, 2.24) is 0 Å². The molecular formula is C22H32N2O3+2. The highest BCUT2D eigenvalue weighted by Gasteiger charge is 2.15. The van der Waals surface area contributed by atoms with E-state index in [2.05, 4.69) is 29.6 Å². The third-order valence-electron chi connectivity index (χ3n) is 4.85. The zero-order chi connectivity index (χ0) is 18.7. The van der Waals surface area contributed by atoms with E-state index < -0.39 is 0 Å². The van der Waals surface area contributed by atoms with Gasteiger partial charge in [-0.05, 0) is 24.6 Å². The van der Waals surface area contributed by atoms with Gasteiger partial charge in [0.2, 0.25) is 0 Å². The largest absolute Gasteiger partial charge is 0.490 e. The monoisotopic (exact) mass is 372 g/mol. The zero-order valence-electron chi connectivity index (χ0n) is 16.3. The van der Waals surface area contributed by atoms with E-state index in [1.807, 2.05) is 31.2 Å². The number of hydrogen-bond donors (Lipinski definition) is 2. The van der Waals surface area contributed by atoms with Crippen LogP contribution in [0.1, 0.15) is 18.1 Å². The normalized spacial score (nSPS) is 14.9. The maximum absolute atomic E-state index is 6.19. The van der Waals surface area contributed by atoms with E-state index in [0.717, 1.165) is 56.5 Å². The lowest BCUT2D eigenvalue weighted by Gasteiger charge is -2.23. The maximum Gasteiger partial charge on any atom is 0.170 e. The Morgan fingerprint density at radius 1 is 1.00 bits per heavy atom. The Labute approximate surface area is 162 Å². The van der Waals surface area contributed by atoms with Crippen molar-refractivity contribution >= 4 is 0 Å². The van der Waals surface area contributed by atoms with Crippen molar-refractivity contribution in [3.63, 3.8) is 0 Å². The minimum Gasteiger partial charge on any atom is -0.490 e. The summed E-state index contributed by atoms with van der Waals surface area (Å²) in [5, 5.41) is 2.36. The molecule has 3 N–H and O–H groups in total. The second kappa shape index (κ2) is 10.9. The Morgan fingerprint density at radius 2 is 1.81 bits per heavy atom. The SMILES string of the molecule is CCOc1cccc(C[NH2+]CC[NH+]2CCOCC2)c1OCc1ccccc1. The van der Waals surface area contributed by atoms with Gasteiger partial charge < -0.3 is 24.4 Å². The van der Waals surface area contributed by atoms with E-state index in [-0.39, 0.29) is 0 Å². The predicted octanol–water partition coefficient (Wildman–Crippen LogP) is 0.643. The van der Waals surface area contributed by atoms with Crippen molar-refractivity contribution in [3.8, 4) is 11.5 Å². The first-order chi connectivity index (χ1) is 13.4. The lowest BCUT2D eigenvalue weighted by atomic mass is 10.1. The van der Waals surface area contributed by atoms with E-state index in [1.54, 1.807) is 4.90 Å². The summed E-state index contributed by atoms with van der Waals surface area (Å²) in [4.78, 5) is 1.64. The van der Waals surface area contributed by atoms with Crippen molar-refractivity contribution in [2.75, 3.05) is 46.0 Å². The molecule has 5 heteroatoms. The van der Waals surface area contributed by atoms with Crippen LogP contribution in [0.15, 0.2) is 48.5 Å². The summed E-state index contributed by atoms with van der Waals surface area (Å²) < 4.78 is 17.4. The summed E-state index contributed by atoms with van der Waals surface area (Å²) in [6, 6.07) is 16.4. The third kappa shape index (κ3) is 6.24. The Morgan fingerprint density at radius 3 is 2.59 bits per heavy atom. The number of rotatable bonds is 10. The minimum atomic E-state index is 0.551. The molecule has 146 valence electrons. The topological polar surface area (TPSA) is 48.7 Å².